The van der Waals surface area contributed by atoms with Crippen LogP contribution >= 0.6 is 0 Å². The number of hydrogen-bond acceptors (Lipinski definition) is 5. The van der Waals surface area contributed by atoms with Crippen LogP contribution in [0.25, 0.3) is 10.9 Å². The summed E-state index contributed by atoms with van der Waals surface area (Å²) in [6.07, 6.45) is 4.90. The summed E-state index contributed by atoms with van der Waals surface area (Å²) in [4.78, 5) is 36.7. The van der Waals surface area contributed by atoms with Gasteiger partial charge < -0.3 is 4.74 Å². The number of carbonyl (C=O) groups excluding carboxylic acids is 2. The Morgan fingerprint density at radius 2 is 1.58 bits per heavy atom. The number of hydrogen-bond donors (Lipinski definition) is 0. The summed E-state index contributed by atoms with van der Waals surface area (Å²) in [6, 6.07) is 22.6. The number of hydroxylamine groups is 2. The van der Waals surface area contributed by atoms with Gasteiger partial charge in [-0.05, 0) is 72.9 Å². The highest BCUT2D eigenvalue weighted by Crippen LogP contribution is 2.39. The highest BCUT2D eigenvalue weighted by Gasteiger charge is 2.40. The number of amides is 2. The number of aromatic nitrogens is 1. The zero-order valence-corrected chi connectivity index (χ0v) is 20.8. The summed E-state index contributed by atoms with van der Waals surface area (Å²) in [5, 5.41) is 1.68. The zero-order valence-electron chi connectivity index (χ0n) is 20.8. The molecule has 0 bridgehead atoms. The van der Waals surface area contributed by atoms with E-state index in [1.807, 2.05) is 36.4 Å². The van der Waals surface area contributed by atoms with Crippen molar-refractivity contribution in [3.63, 3.8) is 0 Å². The van der Waals surface area contributed by atoms with Crippen molar-refractivity contribution in [2.45, 2.75) is 44.8 Å². The van der Waals surface area contributed by atoms with Crippen molar-refractivity contribution in [2.75, 3.05) is 0 Å². The van der Waals surface area contributed by atoms with Crippen molar-refractivity contribution in [1.82, 2.24) is 10.0 Å². The Morgan fingerprint density at radius 1 is 0.868 bits per heavy atom. The van der Waals surface area contributed by atoms with Crippen LogP contribution in [0.5, 0.6) is 5.75 Å². The molecule has 1 aliphatic heterocycles. The first-order valence-electron chi connectivity index (χ1n) is 13.0. The van der Waals surface area contributed by atoms with Crippen LogP contribution in [0.4, 0.5) is 4.39 Å². The van der Waals surface area contributed by atoms with Crippen molar-refractivity contribution in [2.24, 2.45) is 5.92 Å². The first-order valence-corrected chi connectivity index (χ1v) is 13.0. The van der Waals surface area contributed by atoms with E-state index in [2.05, 4.69) is 4.98 Å². The molecule has 0 radical (unpaired) electrons. The lowest BCUT2D eigenvalue weighted by molar-refractivity contribution is -0.156. The molecule has 192 valence electrons. The SMILES string of the molecule is O=C1c2ccccc2C(=O)N1OC(c1ccc(OCc2ccc3cc(F)ccc3n2)cc1)C1CCCCC1. The van der Waals surface area contributed by atoms with Gasteiger partial charge in [0.05, 0.1) is 22.3 Å². The van der Waals surface area contributed by atoms with Gasteiger partial charge in [-0.1, -0.05) is 49.6 Å². The van der Waals surface area contributed by atoms with E-state index in [1.54, 1.807) is 30.3 Å². The van der Waals surface area contributed by atoms with E-state index >= 15 is 0 Å². The molecule has 6 rings (SSSR count). The summed E-state index contributed by atoms with van der Waals surface area (Å²) in [5.74, 6) is -0.264. The monoisotopic (exact) mass is 510 g/mol. The maximum Gasteiger partial charge on any atom is 0.285 e. The molecule has 38 heavy (non-hydrogen) atoms. The largest absolute Gasteiger partial charge is 0.487 e. The Hall–Kier alpha value is -4.10. The third kappa shape index (κ3) is 4.77. The topological polar surface area (TPSA) is 68.7 Å². The molecular formula is C31H27FN2O4. The number of fused-ring (bicyclic) bond motifs is 2. The van der Waals surface area contributed by atoms with Gasteiger partial charge in [0.1, 0.15) is 24.3 Å². The molecule has 1 unspecified atom stereocenters. The molecule has 2 amide bonds. The third-order valence-corrected chi connectivity index (χ3v) is 7.36. The maximum atomic E-state index is 13.4. The fourth-order valence-electron chi connectivity index (χ4n) is 5.36. The van der Waals surface area contributed by atoms with E-state index in [4.69, 9.17) is 9.57 Å². The number of ether oxygens (including phenoxy) is 1. The van der Waals surface area contributed by atoms with Crippen LogP contribution in [-0.4, -0.2) is 21.9 Å². The van der Waals surface area contributed by atoms with E-state index in [9.17, 15) is 14.0 Å². The van der Waals surface area contributed by atoms with Gasteiger partial charge in [0.25, 0.3) is 11.8 Å². The highest BCUT2D eigenvalue weighted by molar-refractivity contribution is 6.20. The molecule has 2 heterocycles. The molecule has 1 aromatic heterocycles. The van der Waals surface area contributed by atoms with Crippen molar-refractivity contribution < 1.29 is 23.6 Å². The molecule has 0 spiro atoms. The van der Waals surface area contributed by atoms with Gasteiger partial charge in [-0.15, -0.1) is 5.06 Å². The minimum atomic E-state index is -0.422. The second kappa shape index (κ2) is 10.3. The number of carbonyl (C=O) groups is 2. The fourth-order valence-corrected chi connectivity index (χ4v) is 5.36. The standard InChI is InChI=1S/C31H27FN2O4/c32-23-13-17-28-22(18-23)10-14-24(33-28)19-37-25-15-11-21(12-16-25)29(20-6-2-1-3-7-20)38-34-30(35)26-8-4-5-9-27(26)31(34)36/h4-5,8-18,20,29H,1-3,6-7,19H2. The Kier molecular flexibility index (Phi) is 6.60. The van der Waals surface area contributed by atoms with Gasteiger partial charge in [-0.25, -0.2) is 9.37 Å². The van der Waals surface area contributed by atoms with Crippen LogP contribution < -0.4 is 4.74 Å². The molecule has 7 heteroatoms. The molecule has 1 aliphatic carbocycles. The number of imide groups is 1. The van der Waals surface area contributed by atoms with Gasteiger partial charge >= 0.3 is 0 Å². The normalized spacial score (nSPS) is 16.6. The summed E-state index contributed by atoms with van der Waals surface area (Å²) in [7, 11) is 0. The molecule has 1 atom stereocenters. The van der Waals surface area contributed by atoms with Crippen LogP contribution in [-0.2, 0) is 11.4 Å². The molecular weight excluding hydrogens is 483 g/mol. The number of halogens is 1. The molecule has 6 nitrogen and oxygen atoms in total. The average molecular weight is 511 g/mol. The molecule has 2 aliphatic rings. The molecule has 1 fully saturated rings. The summed E-state index contributed by atoms with van der Waals surface area (Å²) in [5.41, 5.74) is 3.09. The summed E-state index contributed by atoms with van der Waals surface area (Å²) in [6.45, 7) is 0.268. The van der Waals surface area contributed by atoms with Gasteiger partial charge in [0, 0.05) is 5.39 Å². The van der Waals surface area contributed by atoms with Gasteiger partial charge in [-0.2, -0.15) is 0 Å². The molecule has 3 aromatic carbocycles. The smallest absolute Gasteiger partial charge is 0.285 e. The van der Waals surface area contributed by atoms with Crippen molar-refractivity contribution in [3.8, 4) is 5.75 Å². The second-order valence-electron chi connectivity index (χ2n) is 9.87. The molecule has 0 saturated heterocycles. The average Bonchev–Trinajstić information content (AvgIpc) is 3.20. The molecule has 4 aromatic rings. The van der Waals surface area contributed by atoms with E-state index in [0.29, 0.717) is 22.4 Å². The zero-order chi connectivity index (χ0) is 26.1. The van der Waals surface area contributed by atoms with Crippen molar-refractivity contribution in [3.05, 3.63) is 107 Å². The van der Waals surface area contributed by atoms with Crippen molar-refractivity contribution in [1.29, 1.82) is 0 Å². The lowest BCUT2D eigenvalue weighted by Gasteiger charge is -2.32. The predicted molar refractivity (Wildman–Crippen MR) is 140 cm³/mol. The first kappa shape index (κ1) is 24.2. The Morgan fingerprint density at radius 3 is 2.29 bits per heavy atom. The van der Waals surface area contributed by atoms with Gasteiger partial charge in [0.2, 0.25) is 0 Å². The van der Waals surface area contributed by atoms with E-state index in [-0.39, 0.29) is 18.3 Å². The molecule has 1 saturated carbocycles. The van der Waals surface area contributed by atoms with E-state index < -0.39 is 17.9 Å². The van der Waals surface area contributed by atoms with Crippen LogP contribution in [0.3, 0.4) is 0 Å². The van der Waals surface area contributed by atoms with Crippen LogP contribution in [0.15, 0.2) is 78.9 Å². The van der Waals surface area contributed by atoms with Crippen molar-refractivity contribution >= 4 is 22.7 Å². The minimum Gasteiger partial charge on any atom is -0.487 e. The Bertz CT molecular complexity index is 1460. The van der Waals surface area contributed by atoms with E-state index in [0.717, 1.165) is 47.4 Å². The summed E-state index contributed by atoms with van der Waals surface area (Å²) >= 11 is 0. The van der Waals surface area contributed by atoms with Crippen LogP contribution in [0.1, 0.15) is 70.2 Å². The number of benzene rings is 3. The van der Waals surface area contributed by atoms with E-state index in [1.165, 1.54) is 18.6 Å². The predicted octanol–water partition coefficient (Wildman–Crippen LogP) is 6.80. The van der Waals surface area contributed by atoms with Crippen LogP contribution in [0, 0.1) is 11.7 Å². The fraction of sp³-hybridized carbons (Fsp3) is 0.258. The van der Waals surface area contributed by atoms with Gasteiger partial charge in [0.15, 0.2) is 0 Å². The lowest BCUT2D eigenvalue weighted by Crippen LogP contribution is -2.34. The minimum absolute atomic E-state index is 0.200. The van der Waals surface area contributed by atoms with Crippen LogP contribution in [0.2, 0.25) is 0 Å². The number of pyridine rings is 1. The third-order valence-electron chi connectivity index (χ3n) is 7.36. The summed E-state index contributed by atoms with van der Waals surface area (Å²) < 4.78 is 19.4. The highest BCUT2D eigenvalue weighted by atomic mass is 19.1. The lowest BCUT2D eigenvalue weighted by atomic mass is 9.82. The second-order valence-corrected chi connectivity index (χ2v) is 9.87. The van der Waals surface area contributed by atoms with Gasteiger partial charge in [-0.3, -0.25) is 14.4 Å². The maximum absolute atomic E-state index is 13.4. The Labute approximate surface area is 220 Å². The Balaban J connectivity index is 1.18. The molecule has 0 N–H and O–H groups in total. The number of nitrogens with zero attached hydrogens (tertiary/aromatic N) is 2. The quantitative estimate of drug-likeness (QED) is 0.256. The first-order chi connectivity index (χ1) is 18.6. The number of rotatable bonds is 7.